The highest BCUT2D eigenvalue weighted by Gasteiger charge is 2.13. The van der Waals surface area contributed by atoms with E-state index in [0.717, 1.165) is 29.1 Å². The average Bonchev–Trinajstić information content (AvgIpc) is 2.99. The molecule has 110 valence electrons. The molecule has 0 radical (unpaired) electrons. The van der Waals surface area contributed by atoms with Crippen molar-refractivity contribution in [2.45, 2.75) is 33.4 Å². The van der Waals surface area contributed by atoms with Crippen molar-refractivity contribution < 1.29 is 0 Å². The lowest BCUT2D eigenvalue weighted by molar-refractivity contribution is 0.549. The Kier molecular flexibility index (Phi) is 3.51. The van der Waals surface area contributed by atoms with Crippen LogP contribution in [0, 0.1) is 13.8 Å². The number of hydrogen-bond donors (Lipinski definition) is 2. The van der Waals surface area contributed by atoms with Gasteiger partial charge in [-0.15, -0.1) is 0 Å². The van der Waals surface area contributed by atoms with Crippen LogP contribution in [-0.2, 0) is 13.6 Å². The standard InChI is InChI=1S/C16H21N5/c1-10-13(12(3)21(4)20-10)9-17-11(2)16-18-14-7-5-6-8-15(14)19-16/h5-8,11,17H,9H2,1-4H3,(H,18,19). The van der Waals surface area contributed by atoms with Crippen LogP contribution in [0.15, 0.2) is 24.3 Å². The largest absolute Gasteiger partial charge is 0.341 e. The highest BCUT2D eigenvalue weighted by molar-refractivity contribution is 5.74. The minimum Gasteiger partial charge on any atom is -0.341 e. The second kappa shape index (κ2) is 5.33. The topological polar surface area (TPSA) is 58.5 Å². The van der Waals surface area contributed by atoms with Crippen molar-refractivity contribution in [1.29, 1.82) is 0 Å². The molecule has 0 aliphatic rings. The first kappa shape index (κ1) is 13.8. The van der Waals surface area contributed by atoms with Crippen LogP contribution in [0.5, 0.6) is 0 Å². The van der Waals surface area contributed by atoms with Crippen LogP contribution in [0.1, 0.15) is 35.7 Å². The monoisotopic (exact) mass is 283 g/mol. The molecule has 0 saturated carbocycles. The maximum Gasteiger partial charge on any atom is 0.124 e. The summed E-state index contributed by atoms with van der Waals surface area (Å²) >= 11 is 0. The molecule has 2 N–H and O–H groups in total. The van der Waals surface area contributed by atoms with Gasteiger partial charge in [0.2, 0.25) is 0 Å². The molecule has 0 bridgehead atoms. The third-order valence-corrected chi connectivity index (χ3v) is 4.06. The van der Waals surface area contributed by atoms with E-state index in [2.05, 4.69) is 41.2 Å². The van der Waals surface area contributed by atoms with Gasteiger partial charge in [-0.3, -0.25) is 4.68 Å². The fourth-order valence-corrected chi connectivity index (χ4v) is 2.60. The van der Waals surface area contributed by atoms with Crippen molar-refractivity contribution in [3.05, 3.63) is 47.0 Å². The van der Waals surface area contributed by atoms with Crippen molar-refractivity contribution in [3.8, 4) is 0 Å². The Hall–Kier alpha value is -2.14. The molecular formula is C16H21N5. The summed E-state index contributed by atoms with van der Waals surface area (Å²) in [6, 6.07) is 8.26. The number of benzene rings is 1. The third kappa shape index (κ3) is 2.56. The van der Waals surface area contributed by atoms with Crippen molar-refractivity contribution in [3.63, 3.8) is 0 Å². The van der Waals surface area contributed by atoms with E-state index >= 15 is 0 Å². The number of imidazole rings is 1. The molecular weight excluding hydrogens is 262 g/mol. The summed E-state index contributed by atoms with van der Waals surface area (Å²) in [7, 11) is 1.98. The van der Waals surface area contributed by atoms with Crippen LogP contribution in [0.3, 0.4) is 0 Å². The summed E-state index contributed by atoms with van der Waals surface area (Å²) in [5.74, 6) is 0.968. The molecule has 0 spiro atoms. The minimum absolute atomic E-state index is 0.163. The zero-order chi connectivity index (χ0) is 15.0. The quantitative estimate of drug-likeness (QED) is 0.774. The molecule has 1 aromatic carbocycles. The maximum atomic E-state index is 4.64. The van der Waals surface area contributed by atoms with Gasteiger partial charge in [-0.2, -0.15) is 5.10 Å². The number of nitrogens with zero attached hydrogens (tertiary/aromatic N) is 3. The van der Waals surface area contributed by atoms with E-state index in [1.807, 2.05) is 36.0 Å². The molecule has 2 aromatic heterocycles. The van der Waals surface area contributed by atoms with Gasteiger partial charge in [0.05, 0.1) is 22.8 Å². The fraction of sp³-hybridized carbons (Fsp3) is 0.375. The first-order valence-corrected chi connectivity index (χ1v) is 7.23. The van der Waals surface area contributed by atoms with Gasteiger partial charge in [0, 0.05) is 24.8 Å². The summed E-state index contributed by atoms with van der Waals surface area (Å²) in [4.78, 5) is 8.01. The van der Waals surface area contributed by atoms with E-state index in [1.165, 1.54) is 11.3 Å². The van der Waals surface area contributed by atoms with Crippen molar-refractivity contribution in [2.24, 2.45) is 7.05 Å². The SMILES string of the molecule is Cc1nn(C)c(C)c1CNC(C)c1nc2ccccc2[nH]1. The number of nitrogens with one attached hydrogen (secondary N) is 2. The molecule has 3 aromatic rings. The second-order valence-electron chi connectivity index (χ2n) is 5.51. The smallest absolute Gasteiger partial charge is 0.124 e. The Bertz CT molecular complexity index is 735. The van der Waals surface area contributed by atoms with Gasteiger partial charge in [0.15, 0.2) is 0 Å². The van der Waals surface area contributed by atoms with Crippen LogP contribution in [0.4, 0.5) is 0 Å². The van der Waals surface area contributed by atoms with Gasteiger partial charge in [-0.05, 0) is 32.9 Å². The van der Waals surface area contributed by atoms with Gasteiger partial charge >= 0.3 is 0 Å². The number of para-hydroxylation sites is 2. The van der Waals surface area contributed by atoms with Crippen molar-refractivity contribution >= 4 is 11.0 Å². The zero-order valence-electron chi connectivity index (χ0n) is 12.9. The molecule has 5 heteroatoms. The van der Waals surface area contributed by atoms with Gasteiger partial charge in [-0.25, -0.2) is 4.98 Å². The predicted octanol–water partition coefficient (Wildman–Crippen LogP) is 2.76. The lowest BCUT2D eigenvalue weighted by Crippen LogP contribution is -2.20. The van der Waals surface area contributed by atoms with E-state index < -0.39 is 0 Å². The Balaban J connectivity index is 1.75. The zero-order valence-corrected chi connectivity index (χ0v) is 12.9. The van der Waals surface area contributed by atoms with E-state index in [-0.39, 0.29) is 6.04 Å². The number of aromatic amines is 1. The highest BCUT2D eigenvalue weighted by atomic mass is 15.3. The Morgan fingerprint density at radius 2 is 2.05 bits per heavy atom. The van der Waals surface area contributed by atoms with Gasteiger partial charge in [0.25, 0.3) is 0 Å². The molecule has 0 aliphatic carbocycles. The Labute approximate surface area is 124 Å². The number of fused-ring (bicyclic) bond motifs is 1. The lowest BCUT2D eigenvalue weighted by atomic mass is 10.2. The fourth-order valence-electron chi connectivity index (χ4n) is 2.60. The molecule has 1 atom stereocenters. The molecule has 1 unspecified atom stereocenters. The first-order chi connectivity index (χ1) is 10.1. The predicted molar refractivity (Wildman–Crippen MR) is 84.0 cm³/mol. The van der Waals surface area contributed by atoms with E-state index in [1.54, 1.807) is 0 Å². The summed E-state index contributed by atoms with van der Waals surface area (Å²) in [5, 5.41) is 7.97. The van der Waals surface area contributed by atoms with Crippen LogP contribution in [0.25, 0.3) is 11.0 Å². The Morgan fingerprint density at radius 3 is 2.71 bits per heavy atom. The number of aromatic nitrogens is 4. The van der Waals surface area contributed by atoms with Crippen LogP contribution in [-0.4, -0.2) is 19.7 Å². The number of rotatable bonds is 4. The Morgan fingerprint density at radius 1 is 1.29 bits per heavy atom. The molecule has 5 nitrogen and oxygen atoms in total. The average molecular weight is 283 g/mol. The molecule has 0 fully saturated rings. The second-order valence-corrected chi connectivity index (χ2v) is 5.51. The summed E-state index contributed by atoms with van der Waals surface area (Å²) < 4.78 is 1.93. The van der Waals surface area contributed by atoms with Crippen LogP contribution in [0.2, 0.25) is 0 Å². The van der Waals surface area contributed by atoms with Gasteiger partial charge < -0.3 is 10.3 Å². The molecule has 0 aliphatic heterocycles. The molecule has 21 heavy (non-hydrogen) atoms. The summed E-state index contributed by atoms with van der Waals surface area (Å²) in [6.07, 6.45) is 0. The first-order valence-electron chi connectivity index (χ1n) is 7.23. The normalized spacial score (nSPS) is 13.0. The van der Waals surface area contributed by atoms with Gasteiger partial charge in [0.1, 0.15) is 5.82 Å². The lowest BCUT2D eigenvalue weighted by Gasteiger charge is -2.11. The van der Waals surface area contributed by atoms with Crippen LogP contribution < -0.4 is 5.32 Å². The number of aryl methyl sites for hydroxylation is 2. The number of H-pyrrole nitrogens is 1. The van der Waals surface area contributed by atoms with Crippen LogP contribution >= 0.6 is 0 Å². The van der Waals surface area contributed by atoms with E-state index in [0.29, 0.717) is 0 Å². The molecule has 3 rings (SSSR count). The number of hydrogen-bond acceptors (Lipinski definition) is 3. The highest BCUT2D eigenvalue weighted by Crippen LogP contribution is 2.17. The van der Waals surface area contributed by atoms with Gasteiger partial charge in [-0.1, -0.05) is 12.1 Å². The maximum absolute atomic E-state index is 4.64. The summed E-state index contributed by atoms with van der Waals surface area (Å²) in [6.45, 7) is 7.07. The minimum atomic E-state index is 0.163. The third-order valence-electron chi connectivity index (χ3n) is 4.06. The molecule has 0 saturated heterocycles. The van der Waals surface area contributed by atoms with E-state index in [9.17, 15) is 0 Å². The van der Waals surface area contributed by atoms with Crippen molar-refractivity contribution in [1.82, 2.24) is 25.1 Å². The molecule has 2 heterocycles. The summed E-state index contributed by atoms with van der Waals surface area (Å²) in [5.41, 5.74) is 5.64. The van der Waals surface area contributed by atoms with E-state index in [4.69, 9.17) is 0 Å². The van der Waals surface area contributed by atoms with Crippen molar-refractivity contribution in [2.75, 3.05) is 0 Å². The molecule has 0 amide bonds.